The van der Waals surface area contributed by atoms with Crippen molar-refractivity contribution in [2.24, 2.45) is 5.41 Å². The molecule has 0 aromatic heterocycles. The first kappa shape index (κ1) is 10.3. The molecule has 1 amide bonds. The highest BCUT2D eigenvalue weighted by Crippen LogP contribution is 2.12. The highest BCUT2D eigenvalue weighted by atomic mass is 16.5. The Bertz CT molecular complexity index is 127. The third kappa shape index (κ3) is 7.16. The van der Waals surface area contributed by atoms with Crippen molar-refractivity contribution in [1.82, 2.24) is 5.32 Å². The molecule has 66 valence electrons. The molecule has 0 saturated carbocycles. The summed E-state index contributed by atoms with van der Waals surface area (Å²) >= 11 is 0. The lowest BCUT2D eigenvalue weighted by atomic mass is 9.99. The van der Waals surface area contributed by atoms with Crippen LogP contribution < -0.4 is 5.32 Å². The van der Waals surface area contributed by atoms with E-state index >= 15 is 0 Å². The van der Waals surface area contributed by atoms with E-state index in [0.29, 0.717) is 13.2 Å². The Morgan fingerprint density at radius 2 is 2.00 bits per heavy atom. The molecule has 0 rings (SSSR count). The monoisotopic (exact) mass is 159 g/mol. The molecular weight excluding hydrogens is 142 g/mol. The van der Waals surface area contributed by atoms with Gasteiger partial charge >= 0.3 is 6.09 Å². The van der Waals surface area contributed by atoms with Gasteiger partial charge in [-0.05, 0) is 12.3 Å². The maximum Gasteiger partial charge on any atom is 0.407 e. The van der Waals surface area contributed by atoms with Crippen molar-refractivity contribution in [3.05, 3.63) is 0 Å². The van der Waals surface area contributed by atoms with Crippen LogP contribution in [-0.4, -0.2) is 19.2 Å². The standard InChI is InChI=1S/C8H17NO2/c1-5-9-7(10)11-6-8(2,3)4/h5-6H2,1-4H3,(H,9,10). The molecule has 0 aliphatic rings. The molecule has 0 aromatic rings. The molecule has 1 N–H and O–H groups in total. The number of amides is 1. The highest BCUT2D eigenvalue weighted by molar-refractivity contribution is 5.66. The van der Waals surface area contributed by atoms with Gasteiger partial charge in [0.2, 0.25) is 0 Å². The number of alkyl carbamates (subject to hydrolysis) is 1. The van der Waals surface area contributed by atoms with Crippen molar-refractivity contribution in [2.45, 2.75) is 27.7 Å². The number of nitrogens with one attached hydrogen (secondary N) is 1. The molecule has 0 bridgehead atoms. The maximum atomic E-state index is 10.8. The zero-order valence-corrected chi connectivity index (χ0v) is 7.73. The largest absolute Gasteiger partial charge is 0.449 e. The van der Waals surface area contributed by atoms with E-state index in [1.807, 2.05) is 27.7 Å². The van der Waals surface area contributed by atoms with Gasteiger partial charge in [0.15, 0.2) is 0 Å². The number of hydrogen-bond donors (Lipinski definition) is 1. The van der Waals surface area contributed by atoms with Gasteiger partial charge in [-0.15, -0.1) is 0 Å². The van der Waals surface area contributed by atoms with Crippen LogP contribution >= 0.6 is 0 Å². The van der Waals surface area contributed by atoms with Gasteiger partial charge in [0, 0.05) is 6.54 Å². The second kappa shape index (κ2) is 4.21. The van der Waals surface area contributed by atoms with Crippen molar-refractivity contribution in [3.8, 4) is 0 Å². The van der Waals surface area contributed by atoms with Crippen LogP contribution in [0.5, 0.6) is 0 Å². The second-order valence-electron chi connectivity index (χ2n) is 3.67. The van der Waals surface area contributed by atoms with Gasteiger partial charge in [0.1, 0.15) is 0 Å². The van der Waals surface area contributed by atoms with Crippen LogP contribution in [0.4, 0.5) is 4.79 Å². The van der Waals surface area contributed by atoms with E-state index in [9.17, 15) is 4.79 Å². The fourth-order valence-corrected chi connectivity index (χ4v) is 0.477. The molecule has 0 aliphatic carbocycles. The summed E-state index contributed by atoms with van der Waals surface area (Å²) in [6.45, 7) is 8.99. The molecule has 0 saturated heterocycles. The summed E-state index contributed by atoms with van der Waals surface area (Å²) in [6, 6.07) is 0. The molecule has 3 heteroatoms. The van der Waals surface area contributed by atoms with Gasteiger partial charge in [-0.2, -0.15) is 0 Å². The van der Waals surface area contributed by atoms with Crippen molar-refractivity contribution in [3.63, 3.8) is 0 Å². The zero-order chi connectivity index (χ0) is 8.91. The van der Waals surface area contributed by atoms with E-state index in [-0.39, 0.29) is 11.5 Å². The van der Waals surface area contributed by atoms with Crippen LogP contribution in [0, 0.1) is 5.41 Å². The Balaban J connectivity index is 3.46. The minimum Gasteiger partial charge on any atom is -0.449 e. The molecule has 0 heterocycles. The van der Waals surface area contributed by atoms with Crippen molar-refractivity contribution in [2.75, 3.05) is 13.2 Å². The minimum absolute atomic E-state index is 0.0467. The predicted octanol–water partition coefficient (Wildman–Crippen LogP) is 1.78. The van der Waals surface area contributed by atoms with Gasteiger partial charge in [0.05, 0.1) is 6.61 Å². The maximum absolute atomic E-state index is 10.8. The van der Waals surface area contributed by atoms with Crippen LogP contribution in [0.3, 0.4) is 0 Å². The summed E-state index contributed by atoms with van der Waals surface area (Å²) in [7, 11) is 0. The first-order valence-electron chi connectivity index (χ1n) is 3.86. The highest BCUT2D eigenvalue weighted by Gasteiger charge is 2.12. The SMILES string of the molecule is CCNC(=O)OCC(C)(C)C. The number of hydrogen-bond acceptors (Lipinski definition) is 2. The molecule has 11 heavy (non-hydrogen) atoms. The van der Waals surface area contributed by atoms with E-state index < -0.39 is 0 Å². The average molecular weight is 159 g/mol. The van der Waals surface area contributed by atoms with Crippen LogP contribution in [0.15, 0.2) is 0 Å². The van der Waals surface area contributed by atoms with E-state index in [1.54, 1.807) is 0 Å². The van der Waals surface area contributed by atoms with E-state index in [1.165, 1.54) is 0 Å². The number of carbonyl (C=O) groups is 1. The minimum atomic E-state index is -0.331. The van der Waals surface area contributed by atoms with Crippen molar-refractivity contribution >= 4 is 6.09 Å². The van der Waals surface area contributed by atoms with Crippen LogP contribution in [-0.2, 0) is 4.74 Å². The summed E-state index contributed by atoms with van der Waals surface area (Å²) in [5.74, 6) is 0. The molecule has 0 fully saturated rings. The number of ether oxygens (including phenoxy) is 1. The van der Waals surface area contributed by atoms with Gasteiger partial charge < -0.3 is 10.1 Å². The van der Waals surface area contributed by atoms with Crippen LogP contribution in [0.1, 0.15) is 27.7 Å². The molecule has 3 nitrogen and oxygen atoms in total. The lowest BCUT2D eigenvalue weighted by Gasteiger charge is -2.17. The van der Waals surface area contributed by atoms with E-state index in [4.69, 9.17) is 4.74 Å². The summed E-state index contributed by atoms with van der Waals surface area (Å²) in [5, 5.41) is 2.56. The Hall–Kier alpha value is -0.730. The van der Waals surface area contributed by atoms with Gasteiger partial charge in [-0.3, -0.25) is 0 Å². The number of carbonyl (C=O) groups excluding carboxylic acids is 1. The third-order valence-electron chi connectivity index (χ3n) is 0.957. The fourth-order valence-electron chi connectivity index (χ4n) is 0.477. The normalized spacial score (nSPS) is 10.9. The first-order chi connectivity index (χ1) is 4.95. The zero-order valence-electron chi connectivity index (χ0n) is 7.73. The third-order valence-corrected chi connectivity index (χ3v) is 0.957. The Morgan fingerprint density at radius 1 is 1.45 bits per heavy atom. The molecule has 0 spiro atoms. The summed E-state index contributed by atoms with van der Waals surface area (Å²) in [6.07, 6.45) is -0.331. The predicted molar refractivity (Wildman–Crippen MR) is 44.5 cm³/mol. The Morgan fingerprint density at radius 3 is 2.36 bits per heavy atom. The topological polar surface area (TPSA) is 38.3 Å². The molecule has 0 unspecified atom stereocenters. The first-order valence-corrected chi connectivity index (χ1v) is 3.86. The lowest BCUT2D eigenvalue weighted by molar-refractivity contribution is 0.107. The average Bonchev–Trinajstić information content (AvgIpc) is 1.83. The van der Waals surface area contributed by atoms with Crippen molar-refractivity contribution < 1.29 is 9.53 Å². The Kier molecular flexibility index (Phi) is 3.93. The molecular formula is C8H17NO2. The summed E-state index contributed by atoms with van der Waals surface area (Å²) in [5.41, 5.74) is 0.0467. The molecule has 0 radical (unpaired) electrons. The smallest absolute Gasteiger partial charge is 0.407 e. The van der Waals surface area contributed by atoms with Crippen molar-refractivity contribution in [1.29, 1.82) is 0 Å². The fraction of sp³-hybridized carbons (Fsp3) is 0.875. The van der Waals surface area contributed by atoms with Crippen LogP contribution in [0.2, 0.25) is 0 Å². The molecule has 0 aliphatic heterocycles. The lowest BCUT2D eigenvalue weighted by Crippen LogP contribution is -2.27. The Labute approximate surface area is 68.1 Å². The summed E-state index contributed by atoms with van der Waals surface area (Å²) < 4.78 is 4.90. The summed E-state index contributed by atoms with van der Waals surface area (Å²) in [4.78, 5) is 10.8. The molecule has 0 atom stereocenters. The van der Waals surface area contributed by atoms with E-state index in [0.717, 1.165) is 0 Å². The van der Waals surface area contributed by atoms with Gasteiger partial charge in [0.25, 0.3) is 0 Å². The number of rotatable bonds is 2. The van der Waals surface area contributed by atoms with Crippen LogP contribution in [0.25, 0.3) is 0 Å². The van der Waals surface area contributed by atoms with Gasteiger partial charge in [-0.1, -0.05) is 20.8 Å². The van der Waals surface area contributed by atoms with Gasteiger partial charge in [-0.25, -0.2) is 4.79 Å². The quantitative estimate of drug-likeness (QED) is 0.667. The second-order valence-corrected chi connectivity index (χ2v) is 3.67. The van der Waals surface area contributed by atoms with E-state index in [2.05, 4.69) is 5.32 Å². The molecule has 0 aromatic carbocycles.